The normalized spacial score (nSPS) is 35.1. The maximum atomic E-state index is 12.4. The summed E-state index contributed by atoms with van der Waals surface area (Å²) in [5.41, 5.74) is 1.74. The molecule has 1 aromatic rings. The van der Waals surface area contributed by atoms with Gasteiger partial charge in [-0.1, -0.05) is 43.2 Å². The molecule has 0 radical (unpaired) electrons. The van der Waals surface area contributed by atoms with Gasteiger partial charge in [0.15, 0.2) is 0 Å². The SMILES string of the molecule is CCOC(=O)[C@H]1CCCCC12CN2C1(c2ccccc2)CC1. The molecule has 2 unspecified atom stereocenters. The van der Waals surface area contributed by atoms with Crippen LogP contribution in [0.4, 0.5) is 0 Å². The lowest BCUT2D eigenvalue weighted by atomic mass is 9.78. The molecule has 0 N–H and O–H groups in total. The van der Waals surface area contributed by atoms with Gasteiger partial charge in [-0.3, -0.25) is 9.69 Å². The van der Waals surface area contributed by atoms with E-state index in [1.165, 1.54) is 24.8 Å². The Kier molecular flexibility index (Phi) is 3.30. The van der Waals surface area contributed by atoms with Crippen LogP contribution in [0, 0.1) is 5.92 Å². The lowest BCUT2D eigenvalue weighted by Crippen LogP contribution is -2.41. The average Bonchev–Trinajstić information content (AvgIpc) is 3.45. The number of carbonyl (C=O) groups excluding carboxylic acids is 1. The van der Waals surface area contributed by atoms with Crippen molar-refractivity contribution >= 4 is 5.97 Å². The molecule has 3 nitrogen and oxygen atoms in total. The number of ether oxygens (including phenoxy) is 1. The molecular formula is C19H25NO2. The van der Waals surface area contributed by atoms with Crippen LogP contribution >= 0.6 is 0 Å². The zero-order valence-corrected chi connectivity index (χ0v) is 13.4. The van der Waals surface area contributed by atoms with Crippen LogP contribution in [0.15, 0.2) is 30.3 Å². The van der Waals surface area contributed by atoms with E-state index in [9.17, 15) is 4.79 Å². The second-order valence-corrected chi connectivity index (χ2v) is 7.14. The highest BCUT2D eigenvalue weighted by atomic mass is 16.5. The zero-order chi connectivity index (χ0) is 15.2. The van der Waals surface area contributed by atoms with Crippen LogP contribution < -0.4 is 0 Å². The molecule has 1 aliphatic heterocycles. The lowest BCUT2D eigenvalue weighted by molar-refractivity contribution is -0.151. The summed E-state index contributed by atoms with van der Waals surface area (Å²) in [6.45, 7) is 3.48. The largest absolute Gasteiger partial charge is 0.466 e. The second-order valence-electron chi connectivity index (χ2n) is 7.14. The summed E-state index contributed by atoms with van der Waals surface area (Å²) in [4.78, 5) is 15.1. The summed E-state index contributed by atoms with van der Waals surface area (Å²) in [6.07, 6.45) is 7.03. The van der Waals surface area contributed by atoms with E-state index >= 15 is 0 Å². The summed E-state index contributed by atoms with van der Waals surface area (Å²) in [5, 5.41) is 0. The van der Waals surface area contributed by atoms with Crippen molar-refractivity contribution in [2.75, 3.05) is 13.2 Å². The fraction of sp³-hybridized carbons (Fsp3) is 0.632. The molecule has 1 heterocycles. The molecule has 1 saturated heterocycles. The van der Waals surface area contributed by atoms with Crippen molar-refractivity contribution in [1.29, 1.82) is 0 Å². The van der Waals surface area contributed by atoms with Crippen LogP contribution in [-0.4, -0.2) is 29.6 Å². The van der Waals surface area contributed by atoms with Crippen molar-refractivity contribution in [3.63, 3.8) is 0 Å². The highest BCUT2D eigenvalue weighted by Gasteiger charge is 2.70. The summed E-state index contributed by atoms with van der Waals surface area (Å²) < 4.78 is 5.38. The van der Waals surface area contributed by atoms with Crippen molar-refractivity contribution in [1.82, 2.24) is 4.90 Å². The Morgan fingerprint density at radius 1 is 1.23 bits per heavy atom. The third-order valence-electron chi connectivity index (χ3n) is 5.99. The first-order valence-corrected chi connectivity index (χ1v) is 8.73. The Bertz CT molecular complexity index is 566. The molecule has 3 fully saturated rings. The summed E-state index contributed by atoms with van der Waals surface area (Å²) >= 11 is 0. The van der Waals surface area contributed by atoms with Gasteiger partial charge in [-0.05, 0) is 38.2 Å². The first-order valence-electron chi connectivity index (χ1n) is 8.73. The van der Waals surface area contributed by atoms with Crippen LogP contribution in [0.3, 0.4) is 0 Å². The number of rotatable bonds is 4. The van der Waals surface area contributed by atoms with Crippen LogP contribution in [0.2, 0.25) is 0 Å². The number of benzene rings is 1. The van der Waals surface area contributed by atoms with Crippen LogP contribution in [-0.2, 0) is 15.1 Å². The highest BCUT2D eigenvalue weighted by Crippen LogP contribution is 2.63. The van der Waals surface area contributed by atoms with Crippen LogP contribution in [0.5, 0.6) is 0 Å². The minimum atomic E-state index is 0.0357. The van der Waals surface area contributed by atoms with Gasteiger partial charge in [0.2, 0.25) is 0 Å². The molecule has 3 atom stereocenters. The summed E-state index contributed by atoms with van der Waals surface area (Å²) in [5.74, 6) is 0.121. The number of hydrogen-bond acceptors (Lipinski definition) is 3. The molecule has 118 valence electrons. The van der Waals surface area contributed by atoms with Gasteiger partial charge < -0.3 is 4.74 Å². The third-order valence-corrected chi connectivity index (χ3v) is 5.99. The van der Waals surface area contributed by atoms with E-state index in [1.807, 2.05) is 6.92 Å². The average molecular weight is 299 g/mol. The summed E-state index contributed by atoms with van der Waals surface area (Å²) in [7, 11) is 0. The molecule has 2 saturated carbocycles. The quantitative estimate of drug-likeness (QED) is 0.629. The molecule has 4 rings (SSSR count). The Morgan fingerprint density at radius 3 is 2.68 bits per heavy atom. The maximum Gasteiger partial charge on any atom is 0.310 e. The van der Waals surface area contributed by atoms with Crippen LogP contribution in [0.1, 0.15) is 51.0 Å². The Labute approximate surface area is 132 Å². The van der Waals surface area contributed by atoms with E-state index in [0.29, 0.717) is 6.61 Å². The van der Waals surface area contributed by atoms with Gasteiger partial charge in [0.05, 0.1) is 12.5 Å². The number of hydrogen-bond donors (Lipinski definition) is 0. The van der Waals surface area contributed by atoms with E-state index in [1.54, 1.807) is 0 Å². The van der Waals surface area contributed by atoms with E-state index < -0.39 is 0 Å². The van der Waals surface area contributed by atoms with Gasteiger partial charge in [-0.15, -0.1) is 0 Å². The van der Waals surface area contributed by atoms with Crippen molar-refractivity contribution in [3.8, 4) is 0 Å². The fourth-order valence-electron chi connectivity index (χ4n) is 4.71. The molecule has 0 aromatic heterocycles. The molecule has 3 heteroatoms. The molecule has 0 bridgehead atoms. The standard InChI is InChI=1S/C19H25NO2/c1-2-22-17(21)16-10-6-7-11-19(16)14-20(19)18(12-13-18)15-8-4-3-5-9-15/h3-5,8-9,16H,2,6-7,10-14H2,1H3/t16-,19?,20?/m1/s1. The van der Waals surface area contributed by atoms with Gasteiger partial charge in [0.25, 0.3) is 0 Å². The first-order chi connectivity index (χ1) is 10.7. The maximum absolute atomic E-state index is 12.4. The molecule has 3 aliphatic rings. The van der Waals surface area contributed by atoms with Crippen molar-refractivity contribution in [2.24, 2.45) is 5.92 Å². The van der Waals surface area contributed by atoms with Crippen LogP contribution in [0.25, 0.3) is 0 Å². The Hall–Kier alpha value is -1.35. The van der Waals surface area contributed by atoms with Crippen molar-refractivity contribution in [3.05, 3.63) is 35.9 Å². The molecular weight excluding hydrogens is 274 g/mol. The molecule has 2 aliphatic carbocycles. The number of esters is 1. The van der Waals surface area contributed by atoms with Gasteiger partial charge in [-0.25, -0.2) is 0 Å². The second kappa shape index (κ2) is 5.09. The molecule has 1 aromatic carbocycles. The minimum absolute atomic E-state index is 0.0357. The molecule has 0 amide bonds. The fourth-order valence-corrected chi connectivity index (χ4v) is 4.71. The highest BCUT2D eigenvalue weighted by molar-refractivity contribution is 5.75. The zero-order valence-electron chi connectivity index (χ0n) is 13.4. The van der Waals surface area contributed by atoms with E-state index in [2.05, 4.69) is 35.2 Å². The predicted molar refractivity (Wildman–Crippen MR) is 85.4 cm³/mol. The van der Waals surface area contributed by atoms with Gasteiger partial charge in [0.1, 0.15) is 0 Å². The van der Waals surface area contributed by atoms with Gasteiger partial charge in [-0.2, -0.15) is 0 Å². The van der Waals surface area contributed by atoms with E-state index in [4.69, 9.17) is 4.74 Å². The van der Waals surface area contributed by atoms with E-state index in [0.717, 1.165) is 25.8 Å². The lowest BCUT2D eigenvalue weighted by Gasteiger charge is -2.33. The van der Waals surface area contributed by atoms with Gasteiger partial charge >= 0.3 is 5.97 Å². The number of nitrogens with zero attached hydrogens (tertiary/aromatic N) is 1. The molecule has 22 heavy (non-hydrogen) atoms. The van der Waals surface area contributed by atoms with Crippen molar-refractivity contribution < 1.29 is 9.53 Å². The first kappa shape index (κ1) is 14.3. The monoisotopic (exact) mass is 299 g/mol. The topological polar surface area (TPSA) is 29.3 Å². The Balaban J connectivity index is 1.59. The third kappa shape index (κ3) is 2.02. The summed E-state index contributed by atoms with van der Waals surface area (Å²) in [6, 6.07) is 10.9. The smallest absolute Gasteiger partial charge is 0.310 e. The van der Waals surface area contributed by atoms with Gasteiger partial charge in [0, 0.05) is 17.6 Å². The van der Waals surface area contributed by atoms with Crippen molar-refractivity contribution in [2.45, 2.75) is 56.5 Å². The molecule has 1 spiro atoms. The minimum Gasteiger partial charge on any atom is -0.466 e. The Morgan fingerprint density at radius 2 is 2.00 bits per heavy atom. The van der Waals surface area contributed by atoms with E-state index in [-0.39, 0.29) is 23.0 Å². The predicted octanol–water partition coefficient (Wildman–Crippen LogP) is 3.48. The number of carbonyl (C=O) groups is 1.